The van der Waals surface area contributed by atoms with Crippen LogP contribution < -0.4 is 18.6 Å². The Kier molecular flexibility index (Phi) is 6.01. The summed E-state index contributed by atoms with van der Waals surface area (Å²) in [5.74, 6) is 1.90. The number of aryl methyl sites for hydroxylation is 5. The van der Waals surface area contributed by atoms with E-state index in [-0.39, 0.29) is 0 Å². The Morgan fingerprint density at radius 2 is 1.19 bits per heavy atom. The van der Waals surface area contributed by atoms with Gasteiger partial charge in [0.05, 0.1) is 12.5 Å². The molecule has 0 atom stereocenters. The van der Waals surface area contributed by atoms with Crippen molar-refractivity contribution < 1.29 is 33.3 Å². The van der Waals surface area contributed by atoms with E-state index in [0.717, 1.165) is 11.5 Å². The summed E-state index contributed by atoms with van der Waals surface area (Å²) >= 11 is 0. The molecule has 0 aliphatic heterocycles. The van der Waals surface area contributed by atoms with Crippen LogP contribution in [-0.2, 0) is 0 Å². The third-order valence-corrected chi connectivity index (χ3v) is 3.99. The predicted octanol–water partition coefficient (Wildman–Crippen LogP) is 1.12. The third kappa shape index (κ3) is 5.24. The number of halogens is 1. The first-order chi connectivity index (χ1) is 12.0. The van der Waals surface area contributed by atoms with Crippen LogP contribution >= 0.6 is 0 Å². The van der Waals surface area contributed by atoms with Crippen molar-refractivity contribution in [2.45, 2.75) is 34.6 Å². The molecule has 1 aromatic rings. The molecule has 0 amide bonds. The molecule has 5 nitrogen and oxygen atoms in total. The van der Waals surface area contributed by atoms with Crippen molar-refractivity contribution in [3.8, 4) is 22.5 Å². The van der Waals surface area contributed by atoms with Gasteiger partial charge in [-0.1, -0.05) is 23.8 Å². The average Bonchev–Trinajstić information content (AvgIpc) is 2.84. The van der Waals surface area contributed by atoms with Crippen LogP contribution in [0.3, 0.4) is 0 Å². The summed E-state index contributed by atoms with van der Waals surface area (Å²) in [5.41, 5.74) is 8.93. The average molecular weight is 377 g/mol. The SMILES string of the molecule is Cc1cc(C)[o+]c(-c2ccc3c(C)cc(C)cc(C)c2-3)c1.[O-][Cl+3]([O-])([O-])[O-]. The fourth-order valence-corrected chi connectivity index (χ4v) is 3.25. The second-order valence-electron chi connectivity index (χ2n) is 6.42. The van der Waals surface area contributed by atoms with Crippen LogP contribution in [0.15, 0.2) is 40.8 Å². The molecule has 1 aromatic heterocycles. The summed E-state index contributed by atoms with van der Waals surface area (Å²) < 4.78 is 39.9. The molecule has 0 aromatic carbocycles. The van der Waals surface area contributed by atoms with Gasteiger partial charge in [-0.3, -0.25) is 0 Å². The lowest BCUT2D eigenvalue weighted by Crippen LogP contribution is -2.68. The molecule has 1 heterocycles. The molecule has 0 saturated heterocycles. The molecule has 0 bridgehead atoms. The van der Waals surface area contributed by atoms with Crippen LogP contribution in [0.25, 0.3) is 22.5 Å². The first kappa shape index (κ1) is 20.3. The molecule has 0 N–H and O–H groups in total. The van der Waals surface area contributed by atoms with Crippen molar-refractivity contribution >= 4 is 0 Å². The van der Waals surface area contributed by atoms with E-state index in [4.69, 9.17) is 23.1 Å². The van der Waals surface area contributed by atoms with Crippen molar-refractivity contribution in [3.63, 3.8) is 0 Å². The lowest BCUT2D eigenvalue weighted by Gasteiger charge is -2.17. The molecule has 138 valence electrons. The zero-order valence-electron chi connectivity index (χ0n) is 15.4. The lowest BCUT2D eigenvalue weighted by atomic mass is 10.00. The Bertz CT molecular complexity index is 873. The molecule has 0 saturated carbocycles. The molecule has 0 unspecified atom stereocenters. The number of hydrogen-bond donors (Lipinski definition) is 0. The Balaban J connectivity index is 0.000000431. The fraction of sp³-hybridized carbons (Fsp3) is 0.250. The number of fused-ring (bicyclic) bond motifs is 1. The van der Waals surface area contributed by atoms with Crippen LogP contribution in [0.2, 0.25) is 0 Å². The first-order valence-electron chi connectivity index (χ1n) is 8.00. The van der Waals surface area contributed by atoms with Gasteiger partial charge in [0.1, 0.15) is 0 Å². The van der Waals surface area contributed by atoms with Gasteiger partial charge >= 0.3 is 11.5 Å². The Hall–Kier alpha value is -2.02. The summed E-state index contributed by atoms with van der Waals surface area (Å²) in [5, 5.41) is 0. The van der Waals surface area contributed by atoms with Crippen molar-refractivity contribution in [1.29, 1.82) is 0 Å². The quantitative estimate of drug-likeness (QED) is 0.592. The Labute approximate surface area is 155 Å². The minimum absolute atomic E-state index is 0.949. The van der Waals surface area contributed by atoms with Gasteiger partial charge in [-0.05, 0) is 56.0 Å². The van der Waals surface area contributed by atoms with E-state index in [0.29, 0.717) is 0 Å². The van der Waals surface area contributed by atoms with Crippen molar-refractivity contribution in [2.75, 3.05) is 0 Å². The maximum Gasteiger partial charge on any atom is 0.361 e. The van der Waals surface area contributed by atoms with E-state index in [2.05, 4.69) is 64.1 Å². The fourth-order valence-electron chi connectivity index (χ4n) is 3.25. The van der Waals surface area contributed by atoms with Gasteiger partial charge in [0.2, 0.25) is 0 Å². The number of rotatable bonds is 1. The van der Waals surface area contributed by atoms with Crippen LogP contribution in [0.4, 0.5) is 0 Å². The molecular formula is C20H21ClO5. The molecule has 26 heavy (non-hydrogen) atoms. The summed E-state index contributed by atoms with van der Waals surface area (Å²) in [7, 11) is -4.94. The third-order valence-electron chi connectivity index (χ3n) is 3.99. The first-order valence-corrected chi connectivity index (χ1v) is 9.23. The minimum Gasteiger partial charge on any atom is -0.222 e. The molecule has 3 rings (SSSR count). The minimum atomic E-state index is -4.94. The molecular weight excluding hydrogens is 356 g/mol. The standard InChI is InChI=1S/C20H21O.ClHO4/c1-12-8-14(3)17-6-7-18(20(17)15(4)9-12)19-11-13(2)10-16(5)21-19;2-1(3,4)5/h6-11H,1-5H3;(H,2,3,4,5)/q+1;/p-1. The summed E-state index contributed by atoms with van der Waals surface area (Å²) in [4.78, 5) is 0. The monoisotopic (exact) mass is 376 g/mol. The largest absolute Gasteiger partial charge is 0.361 e. The highest BCUT2D eigenvalue weighted by Crippen LogP contribution is 2.40. The maximum absolute atomic E-state index is 8.49. The second-order valence-corrected chi connectivity index (χ2v) is 7.18. The normalized spacial score (nSPS) is 11.3. The van der Waals surface area contributed by atoms with Gasteiger partial charge in [0.15, 0.2) is 0 Å². The van der Waals surface area contributed by atoms with Crippen molar-refractivity contribution in [3.05, 3.63) is 64.4 Å². The van der Waals surface area contributed by atoms with Gasteiger partial charge < -0.3 is 0 Å². The smallest absolute Gasteiger partial charge is 0.222 e. The van der Waals surface area contributed by atoms with Crippen LogP contribution in [0, 0.1) is 44.9 Å². The van der Waals surface area contributed by atoms with Crippen molar-refractivity contribution in [1.82, 2.24) is 0 Å². The highest BCUT2D eigenvalue weighted by Gasteiger charge is 2.23. The van der Waals surface area contributed by atoms with Crippen LogP contribution in [-0.4, -0.2) is 0 Å². The van der Waals surface area contributed by atoms with Crippen molar-refractivity contribution in [2.24, 2.45) is 0 Å². The van der Waals surface area contributed by atoms with E-state index in [1.807, 2.05) is 6.92 Å². The summed E-state index contributed by atoms with van der Waals surface area (Å²) in [6.45, 7) is 10.6. The lowest BCUT2D eigenvalue weighted by molar-refractivity contribution is -2.00. The Morgan fingerprint density at radius 3 is 1.77 bits per heavy atom. The van der Waals surface area contributed by atoms with Crippen LogP contribution in [0.1, 0.15) is 28.0 Å². The van der Waals surface area contributed by atoms with E-state index in [1.54, 1.807) is 0 Å². The second kappa shape index (κ2) is 7.70. The zero-order chi connectivity index (χ0) is 19.6. The van der Waals surface area contributed by atoms with Gasteiger partial charge in [-0.15, -0.1) is 10.2 Å². The van der Waals surface area contributed by atoms with Crippen LogP contribution in [0.5, 0.6) is 0 Å². The van der Waals surface area contributed by atoms with E-state index in [9.17, 15) is 0 Å². The highest BCUT2D eigenvalue weighted by molar-refractivity contribution is 5.88. The summed E-state index contributed by atoms with van der Waals surface area (Å²) in [6.07, 6.45) is 0. The molecule has 0 fully saturated rings. The molecule has 0 spiro atoms. The predicted molar refractivity (Wildman–Crippen MR) is 88.9 cm³/mol. The Morgan fingerprint density at radius 1 is 0.692 bits per heavy atom. The zero-order valence-corrected chi connectivity index (χ0v) is 16.1. The molecule has 0 radical (unpaired) electrons. The number of hydrogen-bond acceptors (Lipinski definition) is 4. The topological polar surface area (TPSA) is 104 Å². The van der Waals surface area contributed by atoms with E-state index >= 15 is 0 Å². The summed E-state index contributed by atoms with van der Waals surface area (Å²) in [6, 6.07) is 13.1. The van der Waals surface area contributed by atoms with Gasteiger partial charge in [0.25, 0.3) is 0 Å². The van der Waals surface area contributed by atoms with E-state index in [1.165, 1.54) is 38.9 Å². The van der Waals surface area contributed by atoms with Gasteiger partial charge in [-0.25, -0.2) is 23.1 Å². The van der Waals surface area contributed by atoms with E-state index < -0.39 is 10.2 Å². The highest BCUT2D eigenvalue weighted by atomic mass is 35.7. The maximum atomic E-state index is 8.49. The molecule has 2 aliphatic carbocycles. The van der Waals surface area contributed by atoms with Gasteiger partial charge in [-0.2, -0.15) is 0 Å². The van der Waals surface area contributed by atoms with Gasteiger partial charge in [0, 0.05) is 17.7 Å². The molecule has 2 aliphatic rings. The molecule has 6 heteroatoms.